The number of nitrogens with zero attached hydrogens (tertiary/aromatic N) is 4. The predicted molar refractivity (Wildman–Crippen MR) is 121 cm³/mol. The normalized spacial score (nSPS) is 15.7. The molecule has 0 bridgehead atoms. The van der Waals surface area contributed by atoms with Crippen LogP contribution in [0.15, 0.2) is 24.3 Å². The molecule has 170 valence electrons. The maximum atomic E-state index is 13.4. The monoisotopic (exact) mass is 458 g/mol. The Hall–Kier alpha value is -2.69. The number of aromatic amines is 1. The number of benzene rings is 1. The first-order valence-electron chi connectivity index (χ1n) is 10.7. The highest BCUT2D eigenvalue weighted by atomic mass is 32.1. The number of rotatable bonds is 7. The maximum Gasteiger partial charge on any atom is 0.252 e. The Bertz CT molecular complexity index is 1150. The van der Waals surface area contributed by atoms with E-state index in [1.165, 1.54) is 12.1 Å². The van der Waals surface area contributed by atoms with Crippen molar-refractivity contribution in [1.82, 2.24) is 29.8 Å². The van der Waals surface area contributed by atoms with Crippen LogP contribution in [0.25, 0.3) is 5.78 Å². The fourth-order valence-corrected chi connectivity index (χ4v) is 4.34. The number of carbonyl (C=O) groups excluding carboxylic acids is 1. The number of aromatic nitrogens is 4. The van der Waals surface area contributed by atoms with Gasteiger partial charge in [-0.1, -0.05) is 12.1 Å². The minimum Gasteiger partial charge on any atom is -0.379 e. The second-order valence-electron chi connectivity index (χ2n) is 7.95. The van der Waals surface area contributed by atoms with Gasteiger partial charge >= 0.3 is 0 Å². The number of hydrogen-bond acceptors (Lipinski definition) is 6. The molecular weight excluding hydrogens is 431 g/mol. The first-order valence-corrected chi connectivity index (χ1v) is 11.1. The van der Waals surface area contributed by atoms with Gasteiger partial charge in [0.25, 0.3) is 5.78 Å². The Morgan fingerprint density at radius 1 is 1.25 bits per heavy atom. The lowest BCUT2D eigenvalue weighted by atomic mass is 10.0. The summed E-state index contributed by atoms with van der Waals surface area (Å²) in [5, 5.41) is 6.06. The summed E-state index contributed by atoms with van der Waals surface area (Å²) in [6.45, 7) is 7.18. The smallest absolute Gasteiger partial charge is 0.252 e. The zero-order valence-electron chi connectivity index (χ0n) is 18.2. The van der Waals surface area contributed by atoms with Gasteiger partial charge in [0.1, 0.15) is 5.82 Å². The van der Waals surface area contributed by atoms with Crippen molar-refractivity contribution in [3.8, 4) is 0 Å². The van der Waals surface area contributed by atoms with E-state index in [2.05, 4.69) is 25.3 Å². The average molecular weight is 459 g/mol. The standard InChI is InChI=1S/C22H27FN6O2S/c1-14-18(15(2)29-21(25-14)26-22(32)27-29)7-8-20(30)24-13-19(28-9-11-31-12-10-28)16-3-5-17(23)6-4-16/h3-6,19H,7-13H2,1-2H3,(H,24,30)(H,27,32)/t19-/m1/s1. The molecule has 4 rings (SSSR count). The maximum absolute atomic E-state index is 13.4. The number of morpholine rings is 1. The molecule has 0 saturated carbocycles. The number of aryl methyl sites for hydroxylation is 2. The van der Waals surface area contributed by atoms with Crippen molar-refractivity contribution >= 4 is 23.9 Å². The summed E-state index contributed by atoms with van der Waals surface area (Å²) in [6.07, 6.45) is 0.896. The van der Waals surface area contributed by atoms with Crippen LogP contribution in [0.4, 0.5) is 4.39 Å². The minimum absolute atomic E-state index is 0.0315. The third-order valence-electron chi connectivity index (χ3n) is 5.92. The van der Waals surface area contributed by atoms with E-state index in [0.717, 1.165) is 35.6 Å². The molecule has 1 aliphatic heterocycles. The molecule has 1 aliphatic rings. The molecule has 2 aromatic heterocycles. The van der Waals surface area contributed by atoms with Crippen LogP contribution < -0.4 is 5.32 Å². The van der Waals surface area contributed by atoms with E-state index in [9.17, 15) is 9.18 Å². The van der Waals surface area contributed by atoms with Crippen molar-refractivity contribution in [2.45, 2.75) is 32.7 Å². The summed E-state index contributed by atoms with van der Waals surface area (Å²) in [5.74, 6) is 0.224. The molecule has 1 amide bonds. The number of nitrogens with one attached hydrogen (secondary N) is 2. The third kappa shape index (κ3) is 5.03. The number of hydrogen-bond donors (Lipinski definition) is 2. The number of halogens is 1. The topological polar surface area (TPSA) is 87.5 Å². The van der Waals surface area contributed by atoms with Crippen LogP contribution in [-0.2, 0) is 16.0 Å². The van der Waals surface area contributed by atoms with E-state index < -0.39 is 0 Å². The van der Waals surface area contributed by atoms with E-state index >= 15 is 0 Å². The molecule has 10 heteroatoms. The molecule has 2 N–H and O–H groups in total. The Kier molecular flexibility index (Phi) is 6.92. The van der Waals surface area contributed by atoms with Gasteiger partial charge in [-0.05, 0) is 55.7 Å². The van der Waals surface area contributed by atoms with Crippen molar-refractivity contribution in [3.63, 3.8) is 0 Å². The van der Waals surface area contributed by atoms with E-state index in [1.54, 1.807) is 16.6 Å². The quantitative estimate of drug-likeness (QED) is 0.530. The average Bonchev–Trinajstić information content (AvgIpc) is 3.16. The van der Waals surface area contributed by atoms with Crippen LogP contribution in [0.1, 0.15) is 35.0 Å². The lowest BCUT2D eigenvalue weighted by Gasteiger charge is -2.35. The van der Waals surface area contributed by atoms with Gasteiger partial charge in [-0.25, -0.2) is 13.9 Å². The van der Waals surface area contributed by atoms with Crippen molar-refractivity contribution in [2.24, 2.45) is 0 Å². The van der Waals surface area contributed by atoms with Gasteiger partial charge in [-0.15, -0.1) is 0 Å². The molecule has 0 unspecified atom stereocenters. The Labute approximate surface area is 190 Å². The predicted octanol–water partition coefficient (Wildman–Crippen LogP) is 2.67. The highest BCUT2D eigenvalue weighted by Gasteiger charge is 2.23. The fraction of sp³-hybridized carbons (Fsp3) is 0.455. The molecular formula is C22H27FN6O2S. The first kappa shape index (κ1) is 22.5. The Morgan fingerprint density at radius 3 is 2.69 bits per heavy atom. The second-order valence-corrected chi connectivity index (χ2v) is 8.33. The van der Waals surface area contributed by atoms with E-state index in [0.29, 0.717) is 43.1 Å². The SMILES string of the molecule is Cc1nc2nc(=S)[nH]n2c(C)c1CCC(=O)NC[C@H](c1ccc(F)cc1)N1CCOCC1. The molecule has 1 aromatic carbocycles. The fourth-order valence-electron chi connectivity index (χ4n) is 4.17. The molecule has 3 aromatic rings. The number of fused-ring (bicyclic) bond motifs is 1. The number of amides is 1. The van der Waals surface area contributed by atoms with Crippen molar-refractivity contribution < 1.29 is 13.9 Å². The summed E-state index contributed by atoms with van der Waals surface area (Å²) in [5.41, 5.74) is 3.76. The highest BCUT2D eigenvalue weighted by Crippen LogP contribution is 2.22. The lowest BCUT2D eigenvalue weighted by Crippen LogP contribution is -2.43. The molecule has 3 heterocycles. The molecule has 0 radical (unpaired) electrons. The highest BCUT2D eigenvalue weighted by molar-refractivity contribution is 7.71. The summed E-state index contributed by atoms with van der Waals surface area (Å²) in [7, 11) is 0. The number of H-pyrrole nitrogens is 1. The van der Waals surface area contributed by atoms with Gasteiger partial charge in [0.05, 0.1) is 19.3 Å². The van der Waals surface area contributed by atoms with Crippen molar-refractivity contribution in [2.75, 3.05) is 32.8 Å². The Balaban J connectivity index is 1.42. The van der Waals surface area contributed by atoms with Crippen LogP contribution in [0.3, 0.4) is 0 Å². The molecule has 8 nitrogen and oxygen atoms in total. The van der Waals surface area contributed by atoms with Gasteiger partial charge in [0.2, 0.25) is 10.7 Å². The van der Waals surface area contributed by atoms with Gasteiger partial charge in [0, 0.05) is 37.4 Å². The molecule has 0 aliphatic carbocycles. The summed E-state index contributed by atoms with van der Waals surface area (Å²) in [6, 6.07) is 6.45. The van der Waals surface area contributed by atoms with Crippen LogP contribution in [0.5, 0.6) is 0 Å². The largest absolute Gasteiger partial charge is 0.379 e. The second kappa shape index (κ2) is 9.85. The minimum atomic E-state index is -0.270. The van der Waals surface area contributed by atoms with E-state index in [1.807, 2.05) is 13.8 Å². The Morgan fingerprint density at radius 2 is 1.97 bits per heavy atom. The molecule has 1 fully saturated rings. The van der Waals surface area contributed by atoms with Crippen LogP contribution in [0, 0.1) is 24.4 Å². The van der Waals surface area contributed by atoms with Gasteiger partial charge < -0.3 is 10.1 Å². The van der Waals surface area contributed by atoms with Gasteiger partial charge in [-0.3, -0.25) is 14.8 Å². The van der Waals surface area contributed by atoms with Crippen LogP contribution >= 0.6 is 12.2 Å². The molecule has 0 spiro atoms. The van der Waals surface area contributed by atoms with Crippen molar-refractivity contribution in [1.29, 1.82) is 0 Å². The summed E-state index contributed by atoms with van der Waals surface area (Å²) >= 11 is 5.10. The van der Waals surface area contributed by atoms with E-state index in [4.69, 9.17) is 17.0 Å². The van der Waals surface area contributed by atoms with Crippen LogP contribution in [0.2, 0.25) is 0 Å². The molecule has 1 saturated heterocycles. The van der Waals surface area contributed by atoms with Gasteiger partial charge in [0.15, 0.2) is 0 Å². The summed E-state index contributed by atoms with van der Waals surface area (Å²) in [4.78, 5) is 23.7. The van der Waals surface area contributed by atoms with E-state index in [-0.39, 0.29) is 17.8 Å². The number of carbonyl (C=O) groups is 1. The zero-order valence-corrected chi connectivity index (χ0v) is 19.0. The number of ether oxygens (including phenoxy) is 1. The summed E-state index contributed by atoms with van der Waals surface area (Å²) < 4.78 is 21.0. The lowest BCUT2D eigenvalue weighted by molar-refractivity contribution is -0.121. The zero-order chi connectivity index (χ0) is 22.7. The molecule has 32 heavy (non-hydrogen) atoms. The first-order chi connectivity index (χ1) is 15.4. The van der Waals surface area contributed by atoms with Gasteiger partial charge in [-0.2, -0.15) is 4.98 Å². The molecule has 1 atom stereocenters. The van der Waals surface area contributed by atoms with Crippen LogP contribution in [-0.4, -0.2) is 63.2 Å². The third-order valence-corrected chi connectivity index (χ3v) is 6.10. The van der Waals surface area contributed by atoms with Crippen molar-refractivity contribution in [3.05, 3.63) is 57.4 Å².